The number of carbonyl (C=O) groups excluding carboxylic acids is 1. The van der Waals surface area contributed by atoms with Gasteiger partial charge in [-0.3, -0.25) is 4.79 Å². The van der Waals surface area contributed by atoms with E-state index in [1.807, 2.05) is 26.0 Å². The van der Waals surface area contributed by atoms with E-state index in [1.165, 1.54) is 0 Å². The summed E-state index contributed by atoms with van der Waals surface area (Å²) >= 11 is 0. The molecule has 0 aliphatic carbocycles. The van der Waals surface area contributed by atoms with Gasteiger partial charge in [0.15, 0.2) is 0 Å². The second kappa shape index (κ2) is 4.74. The molecule has 0 unspecified atom stereocenters. The Morgan fingerprint density at radius 1 is 1.50 bits per heavy atom. The van der Waals surface area contributed by atoms with Crippen molar-refractivity contribution in [3.63, 3.8) is 0 Å². The minimum atomic E-state index is 0.651. The highest BCUT2D eigenvalue weighted by Gasteiger charge is 1.90. The minimum Gasteiger partial charge on any atom is -0.298 e. The molecule has 0 aliphatic heterocycles. The van der Waals surface area contributed by atoms with Crippen LogP contribution < -0.4 is 0 Å². The molecular formula is C9H12O. The number of aldehydes is 1. The molecule has 0 spiro atoms. The van der Waals surface area contributed by atoms with Gasteiger partial charge in [0.1, 0.15) is 6.29 Å². The Bertz CT molecular complexity index is 175. The van der Waals surface area contributed by atoms with E-state index in [0.29, 0.717) is 5.57 Å². The van der Waals surface area contributed by atoms with Gasteiger partial charge in [0.05, 0.1) is 0 Å². The Morgan fingerprint density at radius 2 is 2.10 bits per heavy atom. The third kappa shape index (κ3) is 2.44. The highest BCUT2D eigenvalue weighted by atomic mass is 16.1. The molecule has 54 valence electrons. The van der Waals surface area contributed by atoms with Crippen LogP contribution >= 0.6 is 0 Å². The predicted octanol–water partition coefficient (Wildman–Crippen LogP) is 2.26. The number of carbonyl (C=O) groups is 1. The lowest BCUT2D eigenvalue weighted by molar-refractivity contribution is -0.104. The largest absolute Gasteiger partial charge is 0.298 e. The van der Waals surface area contributed by atoms with Gasteiger partial charge in [-0.2, -0.15) is 0 Å². The van der Waals surface area contributed by atoms with Crippen LogP contribution in [0.15, 0.2) is 36.0 Å². The van der Waals surface area contributed by atoms with Crippen LogP contribution in [0.2, 0.25) is 0 Å². The molecule has 0 saturated heterocycles. The second-order valence-corrected chi connectivity index (χ2v) is 1.96. The van der Waals surface area contributed by atoms with Crippen LogP contribution in [-0.4, -0.2) is 6.29 Å². The molecule has 0 amide bonds. The first-order chi connectivity index (χ1) is 4.76. The lowest BCUT2D eigenvalue weighted by Gasteiger charge is -1.92. The van der Waals surface area contributed by atoms with E-state index in [-0.39, 0.29) is 0 Å². The third-order valence-electron chi connectivity index (χ3n) is 1.22. The van der Waals surface area contributed by atoms with Crippen LogP contribution in [0, 0.1) is 0 Å². The van der Waals surface area contributed by atoms with Gasteiger partial charge in [-0.05, 0) is 19.4 Å². The van der Waals surface area contributed by atoms with Crippen LogP contribution in [-0.2, 0) is 4.79 Å². The maximum Gasteiger partial charge on any atom is 0.150 e. The fourth-order valence-corrected chi connectivity index (χ4v) is 0.648. The first kappa shape index (κ1) is 8.89. The zero-order chi connectivity index (χ0) is 7.98. The Labute approximate surface area is 61.8 Å². The third-order valence-corrected chi connectivity index (χ3v) is 1.22. The molecular weight excluding hydrogens is 124 g/mol. The molecule has 0 fully saturated rings. The molecule has 0 bridgehead atoms. The SMILES string of the molecule is C=C/C(C=O)=C(C)\C=C/C. The summed E-state index contributed by atoms with van der Waals surface area (Å²) in [7, 11) is 0. The van der Waals surface area contributed by atoms with E-state index < -0.39 is 0 Å². The first-order valence-electron chi connectivity index (χ1n) is 3.17. The van der Waals surface area contributed by atoms with E-state index in [1.54, 1.807) is 6.08 Å². The van der Waals surface area contributed by atoms with Gasteiger partial charge in [-0.1, -0.05) is 24.8 Å². The minimum absolute atomic E-state index is 0.651. The summed E-state index contributed by atoms with van der Waals surface area (Å²) in [4.78, 5) is 10.3. The Balaban J connectivity index is 4.58. The van der Waals surface area contributed by atoms with Gasteiger partial charge in [0, 0.05) is 5.57 Å². The van der Waals surface area contributed by atoms with Gasteiger partial charge >= 0.3 is 0 Å². The number of hydrogen-bond acceptors (Lipinski definition) is 1. The molecule has 0 atom stereocenters. The van der Waals surface area contributed by atoms with Gasteiger partial charge in [0.25, 0.3) is 0 Å². The normalized spacial score (nSPS) is 13.0. The lowest BCUT2D eigenvalue weighted by atomic mass is 10.1. The Morgan fingerprint density at radius 3 is 2.40 bits per heavy atom. The van der Waals surface area contributed by atoms with Crippen molar-refractivity contribution in [2.75, 3.05) is 0 Å². The van der Waals surface area contributed by atoms with Gasteiger partial charge in [-0.25, -0.2) is 0 Å². The molecule has 0 saturated carbocycles. The predicted molar refractivity (Wildman–Crippen MR) is 43.8 cm³/mol. The van der Waals surface area contributed by atoms with Crippen molar-refractivity contribution in [1.29, 1.82) is 0 Å². The topological polar surface area (TPSA) is 17.1 Å². The summed E-state index contributed by atoms with van der Waals surface area (Å²) in [6.45, 7) is 7.30. The van der Waals surface area contributed by atoms with Crippen molar-refractivity contribution >= 4 is 6.29 Å². The van der Waals surface area contributed by atoms with Crippen molar-refractivity contribution in [2.45, 2.75) is 13.8 Å². The summed E-state index contributed by atoms with van der Waals surface area (Å²) in [6.07, 6.45) is 6.14. The number of rotatable bonds is 3. The highest BCUT2D eigenvalue weighted by molar-refractivity contribution is 5.79. The summed E-state index contributed by atoms with van der Waals surface area (Å²) in [5, 5.41) is 0. The molecule has 10 heavy (non-hydrogen) atoms. The van der Waals surface area contributed by atoms with Crippen LogP contribution in [0.3, 0.4) is 0 Å². The Kier molecular flexibility index (Phi) is 4.21. The van der Waals surface area contributed by atoms with Crippen LogP contribution in [0.25, 0.3) is 0 Å². The molecule has 0 aromatic heterocycles. The zero-order valence-electron chi connectivity index (χ0n) is 6.42. The van der Waals surface area contributed by atoms with Crippen LogP contribution in [0.5, 0.6) is 0 Å². The smallest absolute Gasteiger partial charge is 0.150 e. The molecule has 0 heterocycles. The van der Waals surface area contributed by atoms with Gasteiger partial charge in [-0.15, -0.1) is 0 Å². The molecule has 0 aromatic rings. The molecule has 0 radical (unpaired) electrons. The molecule has 0 N–H and O–H groups in total. The average molecular weight is 136 g/mol. The first-order valence-corrected chi connectivity index (χ1v) is 3.17. The van der Waals surface area contributed by atoms with Crippen molar-refractivity contribution < 1.29 is 4.79 Å². The number of hydrogen-bond donors (Lipinski definition) is 0. The average Bonchev–Trinajstić information content (AvgIpc) is 1.91. The van der Waals surface area contributed by atoms with E-state index in [9.17, 15) is 4.79 Å². The zero-order valence-corrected chi connectivity index (χ0v) is 6.42. The van der Waals surface area contributed by atoms with E-state index in [4.69, 9.17) is 0 Å². The van der Waals surface area contributed by atoms with Crippen LogP contribution in [0.4, 0.5) is 0 Å². The van der Waals surface area contributed by atoms with Crippen molar-refractivity contribution in [3.8, 4) is 0 Å². The molecule has 1 nitrogen and oxygen atoms in total. The lowest BCUT2D eigenvalue weighted by Crippen LogP contribution is -1.82. The highest BCUT2D eigenvalue weighted by Crippen LogP contribution is 2.03. The van der Waals surface area contributed by atoms with Crippen molar-refractivity contribution in [2.24, 2.45) is 0 Å². The summed E-state index contributed by atoms with van der Waals surface area (Å²) in [5.74, 6) is 0. The summed E-state index contributed by atoms with van der Waals surface area (Å²) in [5.41, 5.74) is 1.60. The molecule has 1 heteroatoms. The molecule has 0 rings (SSSR count). The standard InChI is InChI=1S/C9H12O/c1-4-6-8(3)9(5-2)7-10/h4-7H,2H2,1,3H3/b6-4-,9-8+. The summed E-state index contributed by atoms with van der Waals surface area (Å²) < 4.78 is 0. The summed E-state index contributed by atoms with van der Waals surface area (Å²) in [6, 6.07) is 0. The monoisotopic (exact) mass is 136 g/mol. The number of allylic oxidation sites excluding steroid dienone is 5. The molecule has 0 aromatic carbocycles. The maximum absolute atomic E-state index is 10.3. The maximum atomic E-state index is 10.3. The van der Waals surface area contributed by atoms with Gasteiger partial charge in [0.2, 0.25) is 0 Å². The van der Waals surface area contributed by atoms with Gasteiger partial charge < -0.3 is 0 Å². The van der Waals surface area contributed by atoms with E-state index in [2.05, 4.69) is 6.58 Å². The van der Waals surface area contributed by atoms with Crippen LogP contribution in [0.1, 0.15) is 13.8 Å². The quantitative estimate of drug-likeness (QED) is 0.330. The second-order valence-electron chi connectivity index (χ2n) is 1.96. The fourth-order valence-electron chi connectivity index (χ4n) is 0.648. The fraction of sp³-hybridized carbons (Fsp3) is 0.222. The molecule has 0 aliphatic rings. The van der Waals surface area contributed by atoms with E-state index >= 15 is 0 Å². The van der Waals surface area contributed by atoms with Crippen molar-refractivity contribution in [3.05, 3.63) is 36.0 Å². The van der Waals surface area contributed by atoms with E-state index in [0.717, 1.165) is 11.9 Å². The Hall–Kier alpha value is -1.11. The van der Waals surface area contributed by atoms with Crippen molar-refractivity contribution in [1.82, 2.24) is 0 Å².